The van der Waals surface area contributed by atoms with Gasteiger partial charge < -0.3 is 0 Å². The molecule has 1 aromatic carbocycles. The van der Waals surface area contributed by atoms with Crippen LogP contribution >= 0.6 is 31.9 Å². The molecule has 3 N–H and O–H groups in total. The zero-order valence-corrected chi connectivity index (χ0v) is 14.6. The molecular weight excluding hydrogens is 384 g/mol. The fourth-order valence-electron chi connectivity index (χ4n) is 2.03. The van der Waals surface area contributed by atoms with Crippen molar-refractivity contribution in [1.29, 1.82) is 0 Å². The average Bonchev–Trinajstić information content (AvgIpc) is 2.85. The number of hydrogen-bond acceptors (Lipinski definition) is 3. The van der Waals surface area contributed by atoms with Gasteiger partial charge in [-0.25, -0.2) is 0 Å². The molecular formula is C14H18Br2N4. The summed E-state index contributed by atoms with van der Waals surface area (Å²) >= 11 is 7.04. The van der Waals surface area contributed by atoms with Crippen LogP contribution in [0.1, 0.15) is 37.2 Å². The Kier molecular flexibility index (Phi) is 5.37. The van der Waals surface area contributed by atoms with Crippen LogP contribution in [0, 0.1) is 0 Å². The van der Waals surface area contributed by atoms with Crippen molar-refractivity contribution < 1.29 is 0 Å². The van der Waals surface area contributed by atoms with Gasteiger partial charge in [0.15, 0.2) is 0 Å². The third-order valence-corrected chi connectivity index (χ3v) is 4.33. The van der Waals surface area contributed by atoms with E-state index in [9.17, 15) is 0 Å². The molecule has 0 bridgehead atoms. The standard InChI is InChI=1S/C14H18Br2N4/c1-9(2)20-6-5-11(19-20)8-14(18-17)12-4-3-10(15)7-13(12)16/h3-7,9,14,18H,8,17H2,1-2H3. The number of halogens is 2. The van der Waals surface area contributed by atoms with Crippen molar-refractivity contribution in [3.63, 3.8) is 0 Å². The smallest absolute Gasteiger partial charge is 0.0644 e. The monoisotopic (exact) mass is 400 g/mol. The molecule has 0 fully saturated rings. The van der Waals surface area contributed by atoms with E-state index < -0.39 is 0 Å². The van der Waals surface area contributed by atoms with Crippen molar-refractivity contribution >= 4 is 31.9 Å². The van der Waals surface area contributed by atoms with Gasteiger partial charge in [0, 0.05) is 27.6 Å². The minimum Gasteiger partial charge on any atom is -0.271 e. The van der Waals surface area contributed by atoms with Crippen LogP contribution in [0.25, 0.3) is 0 Å². The molecule has 0 saturated carbocycles. The largest absolute Gasteiger partial charge is 0.271 e. The molecule has 20 heavy (non-hydrogen) atoms. The Bertz CT molecular complexity index is 580. The van der Waals surface area contributed by atoms with Gasteiger partial charge >= 0.3 is 0 Å². The van der Waals surface area contributed by atoms with Crippen molar-refractivity contribution in [2.75, 3.05) is 0 Å². The highest BCUT2D eigenvalue weighted by atomic mass is 79.9. The zero-order valence-electron chi connectivity index (χ0n) is 11.5. The second-order valence-electron chi connectivity index (χ2n) is 4.97. The Labute approximate surface area is 136 Å². The molecule has 0 aliphatic rings. The molecule has 0 aliphatic carbocycles. The third kappa shape index (κ3) is 3.69. The second-order valence-corrected chi connectivity index (χ2v) is 6.74. The number of nitrogens with zero attached hydrogens (tertiary/aromatic N) is 2. The van der Waals surface area contributed by atoms with Crippen LogP contribution in [0.5, 0.6) is 0 Å². The summed E-state index contributed by atoms with van der Waals surface area (Å²) in [6.45, 7) is 4.22. The number of nitrogens with two attached hydrogens (primary N) is 1. The van der Waals surface area contributed by atoms with E-state index in [0.29, 0.717) is 6.04 Å². The summed E-state index contributed by atoms with van der Waals surface area (Å²) < 4.78 is 4.02. The Morgan fingerprint density at radius 1 is 1.30 bits per heavy atom. The first-order chi connectivity index (χ1) is 9.51. The normalized spacial score (nSPS) is 12.9. The number of hydrogen-bond donors (Lipinski definition) is 2. The van der Waals surface area contributed by atoms with E-state index in [0.717, 1.165) is 26.6 Å². The summed E-state index contributed by atoms with van der Waals surface area (Å²) in [4.78, 5) is 0. The van der Waals surface area contributed by atoms with Crippen molar-refractivity contribution in [3.05, 3.63) is 50.7 Å². The molecule has 0 amide bonds. The summed E-state index contributed by atoms with van der Waals surface area (Å²) in [6.07, 6.45) is 2.75. The minimum absolute atomic E-state index is 0.0213. The first-order valence-electron chi connectivity index (χ1n) is 6.46. The van der Waals surface area contributed by atoms with Crippen molar-refractivity contribution in [2.45, 2.75) is 32.4 Å². The van der Waals surface area contributed by atoms with Crippen LogP contribution in [0.4, 0.5) is 0 Å². The molecule has 1 unspecified atom stereocenters. The summed E-state index contributed by atoms with van der Waals surface area (Å²) in [5.74, 6) is 5.71. The van der Waals surface area contributed by atoms with Crippen LogP contribution < -0.4 is 11.3 Å². The van der Waals surface area contributed by atoms with E-state index in [1.807, 2.05) is 29.1 Å². The number of hydrazine groups is 1. The van der Waals surface area contributed by atoms with Gasteiger partial charge in [-0.05, 0) is 37.6 Å². The maximum Gasteiger partial charge on any atom is 0.0644 e. The van der Waals surface area contributed by atoms with Crippen LogP contribution in [0.2, 0.25) is 0 Å². The molecule has 0 aliphatic heterocycles. The lowest BCUT2D eigenvalue weighted by atomic mass is 10.0. The van der Waals surface area contributed by atoms with E-state index in [1.54, 1.807) is 0 Å². The van der Waals surface area contributed by atoms with E-state index in [1.165, 1.54) is 0 Å². The quantitative estimate of drug-likeness (QED) is 0.592. The Morgan fingerprint density at radius 2 is 2.05 bits per heavy atom. The SMILES string of the molecule is CC(C)n1ccc(CC(NN)c2ccc(Br)cc2Br)n1. The van der Waals surface area contributed by atoms with E-state index in [2.05, 4.69) is 62.3 Å². The molecule has 2 aromatic rings. The summed E-state index contributed by atoms with van der Waals surface area (Å²) in [7, 11) is 0. The van der Waals surface area contributed by atoms with Gasteiger partial charge in [0.25, 0.3) is 0 Å². The number of nitrogens with one attached hydrogen (secondary N) is 1. The van der Waals surface area contributed by atoms with Crippen LogP contribution in [-0.4, -0.2) is 9.78 Å². The minimum atomic E-state index is 0.0213. The lowest BCUT2D eigenvalue weighted by Crippen LogP contribution is -2.30. The third-order valence-electron chi connectivity index (χ3n) is 3.15. The van der Waals surface area contributed by atoms with Crippen molar-refractivity contribution in [3.8, 4) is 0 Å². The fourth-order valence-corrected chi connectivity index (χ4v) is 3.35. The predicted octanol–water partition coefficient (Wildman–Crippen LogP) is 3.74. The number of benzene rings is 1. The van der Waals surface area contributed by atoms with Crippen molar-refractivity contribution in [1.82, 2.24) is 15.2 Å². The summed E-state index contributed by atoms with van der Waals surface area (Å²) in [5, 5.41) is 4.57. The predicted molar refractivity (Wildman–Crippen MR) is 88.2 cm³/mol. The zero-order chi connectivity index (χ0) is 14.7. The van der Waals surface area contributed by atoms with E-state index in [4.69, 9.17) is 5.84 Å². The van der Waals surface area contributed by atoms with Gasteiger partial charge in [-0.15, -0.1) is 0 Å². The Hall–Kier alpha value is -0.690. The first kappa shape index (κ1) is 15.7. The molecule has 108 valence electrons. The molecule has 0 spiro atoms. The lowest BCUT2D eigenvalue weighted by Gasteiger charge is -2.17. The van der Waals surface area contributed by atoms with E-state index in [-0.39, 0.29) is 6.04 Å². The van der Waals surface area contributed by atoms with Gasteiger partial charge in [0.1, 0.15) is 0 Å². The summed E-state index contributed by atoms with van der Waals surface area (Å²) in [5.41, 5.74) is 5.02. The molecule has 1 aromatic heterocycles. The Morgan fingerprint density at radius 3 is 2.60 bits per heavy atom. The highest BCUT2D eigenvalue weighted by molar-refractivity contribution is 9.11. The van der Waals surface area contributed by atoms with Gasteiger partial charge in [-0.2, -0.15) is 5.10 Å². The van der Waals surface area contributed by atoms with Gasteiger partial charge in [0.05, 0.1) is 11.7 Å². The van der Waals surface area contributed by atoms with Gasteiger partial charge in [0.2, 0.25) is 0 Å². The molecule has 6 heteroatoms. The van der Waals surface area contributed by atoms with Crippen LogP contribution in [0.3, 0.4) is 0 Å². The number of rotatable bonds is 5. The molecule has 0 saturated heterocycles. The topological polar surface area (TPSA) is 55.9 Å². The fraction of sp³-hybridized carbons (Fsp3) is 0.357. The van der Waals surface area contributed by atoms with Gasteiger partial charge in [-0.3, -0.25) is 16.0 Å². The maximum absolute atomic E-state index is 5.71. The van der Waals surface area contributed by atoms with Crippen molar-refractivity contribution in [2.24, 2.45) is 5.84 Å². The molecule has 2 rings (SSSR count). The maximum atomic E-state index is 5.71. The van der Waals surface area contributed by atoms with Gasteiger partial charge in [-0.1, -0.05) is 37.9 Å². The summed E-state index contributed by atoms with van der Waals surface area (Å²) in [6, 6.07) is 8.51. The second kappa shape index (κ2) is 6.85. The highest BCUT2D eigenvalue weighted by Gasteiger charge is 2.15. The molecule has 1 atom stereocenters. The highest BCUT2D eigenvalue weighted by Crippen LogP contribution is 2.28. The van der Waals surface area contributed by atoms with Crippen LogP contribution in [0.15, 0.2) is 39.4 Å². The number of aromatic nitrogens is 2. The molecule has 0 radical (unpaired) electrons. The average molecular weight is 402 g/mol. The van der Waals surface area contributed by atoms with Crippen LogP contribution in [-0.2, 0) is 6.42 Å². The Balaban J connectivity index is 2.19. The first-order valence-corrected chi connectivity index (χ1v) is 8.05. The lowest BCUT2D eigenvalue weighted by molar-refractivity contribution is 0.506. The molecule has 4 nitrogen and oxygen atoms in total. The molecule has 1 heterocycles. The van der Waals surface area contributed by atoms with E-state index >= 15 is 0 Å².